The molecule has 2 N–H and O–H groups in total. The molecule has 0 saturated carbocycles. The number of hydrogen-bond acceptors (Lipinski definition) is 3. The number of carbonyl (C=O) groups excluding carboxylic acids is 2. The molecular formula is C18H22N2O3. The molecule has 3 rings (SSSR count). The van der Waals surface area contributed by atoms with Gasteiger partial charge in [0.2, 0.25) is 0 Å². The van der Waals surface area contributed by atoms with Gasteiger partial charge in [0.1, 0.15) is 5.56 Å². The first kappa shape index (κ1) is 15.7. The fraction of sp³-hybridized carbons (Fsp3) is 0.500. The molecule has 0 radical (unpaired) electrons. The molecule has 1 aromatic heterocycles. The van der Waals surface area contributed by atoms with Crippen LogP contribution in [0.5, 0.6) is 0 Å². The van der Waals surface area contributed by atoms with Gasteiger partial charge in [-0.25, -0.2) is 0 Å². The quantitative estimate of drug-likeness (QED) is 0.838. The van der Waals surface area contributed by atoms with Crippen LogP contribution in [0.2, 0.25) is 0 Å². The van der Waals surface area contributed by atoms with Gasteiger partial charge in [-0.1, -0.05) is 11.6 Å². The van der Waals surface area contributed by atoms with E-state index in [1.165, 1.54) is 24.5 Å². The smallest absolute Gasteiger partial charge is 0.261 e. The SMILES string of the molecule is O=C1CCCc2[nH]c(=O)c(C(=O)NCCC3=CCCCC3)cc21. The molecule has 1 heterocycles. The van der Waals surface area contributed by atoms with E-state index in [4.69, 9.17) is 0 Å². The zero-order valence-corrected chi connectivity index (χ0v) is 13.2. The van der Waals surface area contributed by atoms with Gasteiger partial charge in [-0.05, 0) is 51.0 Å². The maximum absolute atomic E-state index is 12.2. The summed E-state index contributed by atoms with van der Waals surface area (Å²) in [5.41, 5.74) is 2.17. The molecule has 0 atom stereocenters. The van der Waals surface area contributed by atoms with Crippen molar-refractivity contribution in [2.24, 2.45) is 0 Å². The predicted molar refractivity (Wildman–Crippen MR) is 87.8 cm³/mol. The molecule has 0 unspecified atom stereocenters. The van der Waals surface area contributed by atoms with Crippen LogP contribution < -0.4 is 10.9 Å². The Labute approximate surface area is 135 Å². The second kappa shape index (κ2) is 6.94. The number of aromatic nitrogens is 1. The molecule has 5 nitrogen and oxygen atoms in total. The molecule has 2 aliphatic carbocycles. The molecule has 0 fully saturated rings. The van der Waals surface area contributed by atoms with E-state index in [-0.39, 0.29) is 11.3 Å². The van der Waals surface area contributed by atoms with Crippen molar-refractivity contribution in [2.75, 3.05) is 6.54 Å². The predicted octanol–water partition coefficient (Wildman–Crippen LogP) is 2.51. The third-order valence-corrected chi connectivity index (χ3v) is 4.62. The number of aromatic amines is 1. The van der Waals surface area contributed by atoms with Crippen LogP contribution in [0.25, 0.3) is 0 Å². The van der Waals surface area contributed by atoms with Crippen LogP contribution in [0.3, 0.4) is 0 Å². The fourth-order valence-electron chi connectivity index (χ4n) is 3.31. The van der Waals surface area contributed by atoms with Crippen molar-refractivity contribution < 1.29 is 9.59 Å². The van der Waals surface area contributed by atoms with Crippen molar-refractivity contribution in [3.8, 4) is 0 Å². The minimum Gasteiger partial charge on any atom is -0.352 e. The summed E-state index contributed by atoms with van der Waals surface area (Å²) in [6, 6.07) is 1.46. The van der Waals surface area contributed by atoms with Crippen molar-refractivity contribution >= 4 is 11.7 Å². The van der Waals surface area contributed by atoms with E-state index in [0.717, 1.165) is 25.7 Å². The molecule has 0 bridgehead atoms. The van der Waals surface area contributed by atoms with Gasteiger partial charge in [0.25, 0.3) is 11.5 Å². The second-order valence-corrected chi connectivity index (χ2v) is 6.30. The highest BCUT2D eigenvalue weighted by atomic mass is 16.2. The largest absolute Gasteiger partial charge is 0.352 e. The van der Waals surface area contributed by atoms with Gasteiger partial charge in [0.15, 0.2) is 5.78 Å². The van der Waals surface area contributed by atoms with E-state index >= 15 is 0 Å². The number of fused-ring (bicyclic) bond motifs is 1. The van der Waals surface area contributed by atoms with Gasteiger partial charge < -0.3 is 10.3 Å². The number of pyridine rings is 1. The Hall–Kier alpha value is -2.17. The van der Waals surface area contributed by atoms with Crippen molar-refractivity contribution in [3.63, 3.8) is 0 Å². The highest BCUT2D eigenvalue weighted by Gasteiger charge is 2.21. The van der Waals surface area contributed by atoms with Gasteiger partial charge in [-0.15, -0.1) is 0 Å². The third kappa shape index (κ3) is 3.60. The standard InChI is InChI=1S/C18H22N2O3/c21-16-8-4-7-15-13(16)11-14(18(23)20-15)17(22)19-10-9-12-5-2-1-3-6-12/h5,11H,1-4,6-10H2,(H,19,22)(H,20,23). The van der Waals surface area contributed by atoms with Crippen molar-refractivity contribution in [2.45, 2.75) is 51.4 Å². The minimum atomic E-state index is -0.409. The maximum Gasteiger partial charge on any atom is 0.261 e. The summed E-state index contributed by atoms with van der Waals surface area (Å²) in [6.45, 7) is 0.523. The molecule has 0 saturated heterocycles. The Kier molecular flexibility index (Phi) is 4.74. The lowest BCUT2D eigenvalue weighted by Crippen LogP contribution is -2.32. The van der Waals surface area contributed by atoms with E-state index in [1.54, 1.807) is 0 Å². The molecule has 2 aliphatic rings. The summed E-state index contributed by atoms with van der Waals surface area (Å²) in [7, 11) is 0. The molecule has 1 aromatic rings. The lowest BCUT2D eigenvalue weighted by molar-refractivity contribution is 0.0952. The molecule has 0 spiro atoms. The summed E-state index contributed by atoms with van der Waals surface area (Å²) < 4.78 is 0. The van der Waals surface area contributed by atoms with Crippen LogP contribution in [0, 0.1) is 0 Å². The number of ketones is 1. The van der Waals surface area contributed by atoms with Crippen LogP contribution in [0.4, 0.5) is 0 Å². The summed E-state index contributed by atoms with van der Waals surface area (Å²) in [4.78, 5) is 38.9. The Morgan fingerprint density at radius 1 is 1.13 bits per heavy atom. The average Bonchev–Trinajstić information content (AvgIpc) is 2.55. The van der Waals surface area contributed by atoms with E-state index in [1.807, 2.05) is 0 Å². The van der Waals surface area contributed by atoms with Crippen LogP contribution in [0.15, 0.2) is 22.5 Å². The van der Waals surface area contributed by atoms with Gasteiger partial charge >= 0.3 is 0 Å². The number of H-pyrrole nitrogens is 1. The molecule has 1 amide bonds. The van der Waals surface area contributed by atoms with Crippen LogP contribution in [0.1, 0.15) is 71.4 Å². The lowest BCUT2D eigenvalue weighted by Gasteiger charge is -2.15. The van der Waals surface area contributed by atoms with Gasteiger partial charge in [0, 0.05) is 24.2 Å². The number of Topliss-reactive ketones (excluding diaryl/α,β-unsaturated/α-hetero) is 1. The van der Waals surface area contributed by atoms with E-state index in [9.17, 15) is 14.4 Å². The van der Waals surface area contributed by atoms with Gasteiger partial charge in [-0.2, -0.15) is 0 Å². The minimum absolute atomic E-state index is 0.00362. The van der Waals surface area contributed by atoms with Gasteiger partial charge in [-0.3, -0.25) is 14.4 Å². The van der Waals surface area contributed by atoms with Crippen molar-refractivity contribution in [3.05, 3.63) is 44.9 Å². The summed E-state index contributed by atoms with van der Waals surface area (Å²) in [5, 5.41) is 2.80. The van der Waals surface area contributed by atoms with Gasteiger partial charge in [0.05, 0.1) is 0 Å². The number of amides is 1. The number of hydrogen-bond donors (Lipinski definition) is 2. The zero-order chi connectivity index (χ0) is 16.2. The average molecular weight is 314 g/mol. The van der Waals surface area contributed by atoms with E-state index in [2.05, 4.69) is 16.4 Å². The molecule has 0 aromatic carbocycles. The van der Waals surface area contributed by atoms with Crippen molar-refractivity contribution in [1.82, 2.24) is 10.3 Å². The Morgan fingerprint density at radius 3 is 2.78 bits per heavy atom. The van der Waals surface area contributed by atoms with Crippen LogP contribution in [-0.4, -0.2) is 23.2 Å². The summed E-state index contributed by atoms with van der Waals surface area (Å²) in [5.74, 6) is -0.396. The summed E-state index contributed by atoms with van der Waals surface area (Å²) >= 11 is 0. The number of aryl methyl sites for hydroxylation is 1. The second-order valence-electron chi connectivity index (χ2n) is 6.30. The highest BCUT2D eigenvalue weighted by molar-refractivity contribution is 6.01. The molecule has 122 valence electrons. The monoisotopic (exact) mass is 314 g/mol. The first-order chi connectivity index (χ1) is 11.1. The first-order valence-corrected chi connectivity index (χ1v) is 8.40. The summed E-state index contributed by atoms with van der Waals surface area (Å²) in [6.07, 6.45) is 9.68. The normalized spacial score (nSPS) is 17.4. The molecular weight excluding hydrogens is 292 g/mol. The number of nitrogens with one attached hydrogen (secondary N) is 2. The molecule has 0 aliphatic heterocycles. The van der Waals surface area contributed by atoms with Crippen molar-refractivity contribution in [1.29, 1.82) is 0 Å². The van der Waals surface area contributed by atoms with Crippen LogP contribution in [-0.2, 0) is 6.42 Å². The number of rotatable bonds is 4. The molecule has 23 heavy (non-hydrogen) atoms. The highest BCUT2D eigenvalue weighted by Crippen LogP contribution is 2.20. The first-order valence-electron chi connectivity index (χ1n) is 8.40. The number of carbonyl (C=O) groups is 2. The van der Waals surface area contributed by atoms with E-state index in [0.29, 0.717) is 30.6 Å². The number of allylic oxidation sites excluding steroid dienone is 1. The zero-order valence-electron chi connectivity index (χ0n) is 13.2. The van der Waals surface area contributed by atoms with Crippen LogP contribution >= 0.6 is 0 Å². The Balaban J connectivity index is 1.67. The Bertz CT molecular complexity index is 715. The molecule has 5 heteroatoms. The third-order valence-electron chi connectivity index (χ3n) is 4.62. The lowest BCUT2D eigenvalue weighted by atomic mass is 9.93. The Morgan fingerprint density at radius 2 is 2.00 bits per heavy atom. The topological polar surface area (TPSA) is 79.0 Å². The fourth-order valence-corrected chi connectivity index (χ4v) is 3.31. The van der Waals surface area contributed by atoms with E-state index < -0.39 is 11.5 Å². The maximum atomic E-state index is 12.2.